The molecule has 1 aliphatic rings. The van der Waals surface area contributed by atoms with Crippen molar-refractivity contribution in [1.29, 1.82) is 0 Å². The van der Waals surface area contributed by atoms with E-state index in [-0.39, 0.29) is 17.2 Å². The van der Waals surface area contributed by atoms with Crippen LogP contribution in [0.5, 0.6) is 0 Å². The van der Waals surface area contributed by atoms with E-state index in [4.69, 9.17) is 4.74 Å². The second kappa shape index (κ2) is 6.39. The number of ether oxygens (including phenoxy) is 1. The van der Waals surface area contributed by atoms with E-state index in [2.05, 4.69) is 33.0 Å². The molecule has 1 atom stereocenters. The summed E-state index contributed by atoms with van der Waals surface area (Å²) in [6, 6.07) is 0. The van der Waals surface area contributed by atoms with Crippen molar-refractivity contribution >= 4 is 5.91 Å². The summed E-state index contributed by atoms with van der Waals surface area (Å²) >= 11 is 0. The van der Waals surface area contributed by atoms with Crippen LogP contribution in [0.4, 0.5) is 0 Å². The number of carbonyl (C=O) groups excluding carboxylic acids is 1. The van der Waals surface area contributed by atoms with Gasteiger partial charge in [-0.1, -0.05) is 27.7 Å². The van der Waals surface area contributed by atoms with Crippen LogP contribution >= 0.6 is 0 Å². The topological polar surface area (TPSA) is 38.3 Å². The number of nitrogens with one attached hydrogen (secondary N) is 1. The smallest absolute Gasteiger partial charge is 0.225 e. The summed E-state index contributed by atoms with van der Waals surface area (Å²) in [6.45, 7) is 11.0. The van der Waals surface area contributed by atoms with Crippen molar-refractivity contribution in [3.8, 4) is 0 Å². The fourth-order valence-electron chi connectivity index (χ4n) is 2.60. The highest BCUT2D eigenvalue weighted by molar-refractivity contribution is 5.78. The summed E-state index contributed by atoms with van der Waals surface area (Å²) in [5.41, 5.74) is 0.180. The molecule has 0 aliphatic carbocycles. The minimum absolute atomic E-state index is 0.0681. The van der Waals surface area contributed by atoms with Gasteiger partial charge in [0.2, 0.25) is 5.91 Å². The Morgan fingerprint density at radius 2 is 2.18 bits per heavy atom. The molecule has 1 amide bonds. The highest BCUT2D eigenvalue weighted by Crippen LogP contribution is 2.24. The summed E-state index contributed by atoms with van der Waals surface area (Å²) in [6.07, 6.45) is 3.11. The molecule has 0 aromatic heterocycles. The van der Waals surface area contributed by atoms with E-state index in [9.17, 15) is 4.79 Å². The summed E-state index contributed by atoms with van der Waals surface area (Å²) in [5.74, 6) is 0.903. The third kappa shape index (κ3) is 5.53. The van der Waals surface area contributed by atoms with Gasteiger partial charge in [-0.05, 0) is 30.6 Å². The van der Waals surface area contributed by atoms with Crippen LogP contribution in [0.2, 0.25) is 0 Å². The Balaban J connectivity index is 2.31. The Bertz CT molecular complexity index is 243. The molecule has 1 heterocycles. The lowest BCUT2D eigenvalue weighted by molar-refractivity contribution is -0.129. The summed E-state index contributed by atoms with van der Waals surface area (Å²) in [5, 5.41) is 3.08. The highest BCUT2D eigenvalue weighted by Gasteiger charge is 2.25. The third-order valence-corrected chi connectivity index (χ3v) is 3.23. The molecule has 3 nitrogen and oxygen atoms in total. The average molecular weight is 241 g/mol. The van der Waals surface area contributed by atoms with Gasteiger partial charge in [-0.15, -0.1) is 0 Å². The molecule has 1 aliphatic heterocycles. The van der Waals surface area contributed by atoms with Crippen LogP contribution in [-0.4, -0.2) is 25.7 Å². The molecule has 0 spiro atoms. The van der Waals surface area contributed by atoms with Crippen LogP contribution in [0.25, 0.3) is 0 Å². The van der Waals surface area contributed by atoms with Gasteiger partial charge in [0, 0.05) is 13.2 Å². The van der Waals surface area contributed by atoms with Crippen molar-refractivity contribution in [3.63, 3.8) is 0 Å². The van der Waals surface area contributed by atoms with Gasteiger partial charge in [0.1, 0.15) is 0 Å². The Hall–Kier alpha value is -0.570. The van der Waals surface area contributed by atoms with Crippen molar-refractivity contribution in [3.05, 3.63) is 0 Å². The van der Waals surface area contributed by atoms with Crippen molar-refractivity contribution in [2.75, 3.05) is 19.8 Å². The Kier molecular flexibility index (Phi) is 5.44. The fourth-order valence-corrected chi connectivity index (χ4v) is 2.60. The van der Waals surface area contributed by atoms with Crippen LogP contribution in [0, 0.1) is 17.3 Å². The number of rotatable bonds is 5. The zero-order valence-electron chi connectivity index (χ0n) is 11.7. The van der Waals surface area contributed by atoms with E-state index in [0.717, 1.165) is 32.4 Å². The van der Waals surface area contributed by atoms with Gasteiger partial charge in [-0.25, -0.2) is 0 Å². The maximum atomic E-state index is 11.9. The third-order valence-electron chi connectivity index (χ3n) is 3.23. The number of hydrogen-bond acceptors (Lipinski definition) is 2. The number of hydrogen-bond donors (Lipinski definition) is 1. The van der Waals surface area contributed by atoms with Crippen LogP contribution in [0.3, 0.4) is 0 Å². The monoisotopic (exact) mass is 241 g/mol. The molecule has 3 heteroatoms. The largest absolute Gasteiger partial charge is 0.381 e. The Morgan fingerprint density at radius 1 is 1.47 bits per heavy atom. The summed E-state index contributed by atoms with van der Waals surface area (Å²) < 4.78 is 5.34. The first kappa shape index (κ1) is 14.5. The lowest BCUT2D eigenvalue weighted by Gasteiger charge is -2.28. The maximum Gasteiger partial charge on any atom is 0.225 e. The van der Waals surface area contributed by atoms with Crippen molar-refractivity contribution in [2.45, 2.75) is 47.0 Å². The second-order valence-electron chi connectivity index (χ2n) is 6.39. The van der Waals surface area contributed by atoms with Crippen LogP contribution in [0.1, 0.15) is 47.0 Å². The molecule has 1 N–H and O–H groups in total. The quantitative estimate of drug-likeness (QED) is 0.803. The van der Waals surface area contributed by atoms with E-state index in [1.54, 1.807) is 0 Å². The van der Waals surface area contributed by atoms with E-state index < -0.39 is 0 Å². The first-order chi connectivity index (χ1) is 7.91. The van der Waals surface area contributed by atoms with E-state index in [1.807, 2.05) is 0 Å². The normalized spacial score (nSPS) is 21.6. The molecule has 1 rings (SSSR count). The average Bonchev–Trinajstić information content (AvgIpc) is 2.25. The molecule has 1 fully saturated rings. The molecule has 0 aromatic carbocycles. The summed E-state index contributed by atoms with van der Waals surface area (Å²) in [7, 11) is 0. The Morgan fingerprint density at radius 3 is 2.71 bits per heavy atom. The predicted molar refractivity (Wildman–Crippen MR) is 69.8 cm³/mol. The minimum Gasteiger partial charge on any atom is -0.381 e. The fraction of sp³-hybridized carbons (Fsp3) is 0.929. The highest BCUT2D eigenvalue weighted by atomic mass is 16.5. The zero-order chi connectivity index (χ0) is 12.9. The predicted octanol–water partition coefficient (Wildman–Crippen LogP) is 2.60. The zero-order valence-corrected chi connectivity index (χ0v) is 11.7. The van der Waals surface area contributed by atoms with Gasteiger partial charge in [0.05, 0.1) is 12.5 Å². The van der Waals surface area contributed by atoms with Crippen LogP contribution in [-0.2, 0) is 9.53 Å². The molecular formula is C14H27NO2. The molecule has 100 valence electrons. The molecule has 0 unspecified atom stereocenters. The molecular weight excluding hydrogens is 214 g/mol. The standard InChI is InChI=1S/C14H27NO2/c1-11(2)8-14(3,4)10-15-13(16)12-6-5-7-17-9-12/h11-12H,5-10H2,1-4H3,(H,15,16)/t12-/m0/s1. The number of carbonyl (C=O) groups is 1. The lowest BCUT2D eigenvalue weighted by atomic mass is 9.84. The van der Waals surface area contributed by atoms with Gasteiger partial charge in [-0.2, -0.15) is 0 Å². The first-order valence-corrected chi connectivity index (χ1v) is 6.76. The minimum atomic E-state index is 0.0681. The maximum absolute atomic E-state index is 11.9. The van der Waals surface area contributed by atoms with E-state index >= 15 is 0 Å². The molecule has 0 aromatic rings. The molecule has 17 heavy (non-hydrogen) atoms. The van der Waals surface area contributed by atoms with Gasteiger partial charge < -0.3 is 10.1 Å². The first-order valence-electron chi connectivity index (χ1n) is 6.76. The van der Waals surface area contributed by atoms with Gasteiger partial charge in [-0.3, -0.25) is 4.79 Å². The van der Waals surface area contributed by atoms with Gasteiger partial charge in [0.25, 0.3) is 0 Å². The second-order valence-corrected chi connectivity index (χ2v) is 6.39. The number of amides is 1. The SMILES string of the molecule is CC(C)CC(C)(C)CNC(=O)[C@H]1CCCOC1. The van der Waals surface area contributed by atoms with Crippen molar-refractivity contribution in [1.82, 2.24) is 5.32 Å². The molecule has 0 radical (unpaired) electrons. The van der Waals surface area contributed by atoms with Crippen LogP contribution in [0.15, 0.2) is 0 Å². The van der Waals surface area contributed by atoms with Gasteiger partial charge in [0.15, 0.2) is 0 Å². The summed E-state index contributed by atoms with van der Waals surface area (Å²) in [4.78, 5) is 11.9. The Labute approximate surface area is 105 Å². The van der Waals surface area contributed by atoms with Crippen LogP contribution < -0.4 is 5.32 Å². The molecule has 0 bridgehead atoms. The van der Waals surface area contributed by atoms with Crippen molar-refractivity contribution < 1.29 is 9.53 Å². The van der Waals surface area contributed by atoms with Crippen molar-refractivity contribution in [2.24, 2.45) is 17.3 Å². The molecule has 0 saturated carbocycles. The lowest BCUT2D eigenvalue weighted by Crippen LogP contribution is -2.40. The van der Waals surface area contributed by atoms with E-state index in [1.165, 1.54) is 0 Å². The molecule has 1 saturated heterocycles. The van der Waals surface area contributed by atoms with Gasteiger partial charge >= 0.3 is 0 Å². The van der Waals surface area contributed by atoms with E-state index in [0.29, 0.717) is 12.5 Å².